The molecule has 4 aromatic rings. The van der Waals surface area contributed by atoms with Crippen molar-refractivity contribution in [2.24, 2.45) is 0 Å². The van der Waals surface area contributed by atoms with Crippen LogP contribution in [-0.2, 0) is 22.7 Å². The van der Waals surface area contributed by atoms with Crippen LogP contribution in [0.3, 0.4) is 0 Å². The number of fused-ring (bicyclic) bond motifs is 1. The lowest BCUT2D eigenvalue weighted by atomic mass is 10.2. The second kappa shape index (κ2) is 10.2. The zero-order valence-electron chi connectivity index (χ0n) is 16.3. The molecule has 0 saturated carbocycles. The minimum Gasteiger partial charge on any atom is -0.478 e. The van der Waals surface area contributed by atoms with Gasteiger partial charge in [0.1, 0.15) is 5.82 Å². The zero-order valence-corrected chi connectivity index (χ0v) is 17.1. The van der Waals surface area contributed by atoms with Crippen LogP contribution < -0.4 is 0 Å². The molecule has 158 valence electrons. The van der Waals surface area contributed by atoms with Crippen LogP contribution in [0.25, 0.3) is 11.0 Å². The van der Waals surface area contributed by atoms with Gasteiger partial charge in [-0.25, -0.2) is 19.6 Å². The summed E-state index contributed by atoms with van der Waals surface area (Å²) < 4.78 is 4.28. The molecule has 0 atom stereocenters. The van der Waals surface area contributed by atoms with E-state index in [9.17, 15) is 9.59 Å². The van der Waals surface area contributed by atoms with Gasteiger partial charge in [-0.1, -0.05) is 35.9 Å². The number of benzene rings is 2. The van der Waals surface area contributed by atoms with Gasteiger partial charge >= 0.3 is 11.9 Å². The van der Waals surface area contributed by atoms with Crippen LogP contribution >= 0.6 is 11.6 Å². The highest BCUT2D eigenvalue weighted by molar-refractivity contribution is 6.30. The van der Waals surface area contributed by atoms with E-state index in [1.54, 1.807) is 6.20 Å². The van der Waals surface area contributed by atoms with Crippen LogP contribution in [0.15, 0.2) is 79.4 Å². The van der Waals surface area contributed by atoms with E-state index < -0.39 is 11.9 Å². The minimum absolute atomic E-state index is 0.558. The summed E-state index contributed by atoms with van der Waals surface area (Å²) in [5.41, 5.74) is 3.35. The molecule has 0 amide bonds. The van der Waals surface area contributed by atoms with Gasteiger partial charge in [-0.3, -0.25) is 0 Å². The van der Waals surface area contributed by atoms with Gasteiger partial charge in [-0.2, -0.15) is 0 Å². The highest BCUT2D eigenvalue weighted by Gasteiger charge is 2.11. The first kappa shape index (κ1) is 21.8. The van der Waals surface area contributed by atoms with E-state index in [0.717, 1.165) is 28.4 Å². The zero-order chi connectivity index (χ0) is 22.2. The Morgan fingerprint density at radius 2 is 1.65 bits per heavy atom. The third kappa shape index (κ3) is 6.28. The monoisotopic (exact) mass is 438 g/mol. The smallest absolute Gasteiger partial charge is 0.328 e. The number of nitrogens with zero attached hydrogens (tertiary/aromatic N) is 4. The predicted octanol–water partition coefficient (Wildman–Crippen LogP) is 3.69. The Kier molecular flexibility index (Phi) is 7.18. The second-order valence-corrected chi connectivity index (χ2v) is 6.91. The molecule has 0 saturated heterocycles. The maximum absolute atomic E-state index is 9.55. The maximum Gasteiger partial charge on any atom is 0.328 e. The van der Waals surface area contributed by atoms with Crippen molar-refractivity contribution in [2.45, 2.75) is 13.1 Å². The number of halogens is 1. The van der Waals surface area contributed by atoms with Crippen LogP contribution in [-0.4, -0.2) is 41.3 Å². The molecule has 31 heavy (non-hydrogen) atoms. The van der Waals surface area contributed by atoms with Crippen LogP contribution in [0.1, 0.15) is 11.4 Å². The standard InChI is InChI=1S/C18H15ClN4.C4H4O4/c19-15-7-5-14(6-8-15)11-23-17-4-2-1-3-16(17)21-18(23)12-22-10-9-20-13-22;5-3(6)1-2-4(7)8/h1-10,13H,11-12H2;1-2H,(H,5,6)(H,7,8)/b;2-1+. The Morgan fingerprint density at radius 1 is 0.968 bits per heavy atom. The Bertz CT molecular complexity index is 1180. The summed E-state index contributed by atoms with van der Waals surface area (Å²) in [5, 5.41) is 16.4. The van der Waals surface area contributed by atoms with Crippen molar-refractivity contribution < 1.29 is 19.8 Å². The largest absolute Gasteiger partial charge is 0.478 e. The molecule has 0 radical (unpaired) electrons. The number of hydrogen-bond donors (Lipinski definition) is 2. The second-order valence-electron chi connectivity index (χ2n) is 6.47. The van der Waals surface area contributed by atoms with Crippen molar-refractivity contribution in [2.75, 3.05) is 0 Å². The third-order valence-electron chi connectivity index (χ3n) is 4.24. The lowest BCUT2D eigenvalue weighted by Crippen LogP contribution is -2.08. The van der Waals surface area contributed by atoms with Crippen molar-refractivity contribution in [1.82, 2.24) is 19.1 Å². The molecule has 8 nitrogen and oxygen atoms in total. The number of rotatable bonds is 6. The summed E-state index contributed by atoms with van der Waals surface area (Å²) in [7, 11) is 0. The first-order chi connectivity index (χ1) is 14.9. The highest BCUT2D eigenvalue weighted by Crippen LogP contribution is 2.19. The number of imidazole rings is 2. The van der Waals surface area contributed by atoms with Gasteiger partial charge < -0.3 is 19.3 Å². The molecular formula is C22H19ClN4O4. The van der Waals surface area contributed by atoms with Crippen molar-refractivity contribution in [3.05, 3.63) is 95.8 Å². The lowest BCUT2D eigenvalue weighted by Gasteiger charge is -2.10. The van der Waals surface area contributed by atoms with Crippen LogP contribution in [0.5, 0.6) is 0 Å². The van der Waals surface area contributed by atoms with Gasteiger partial charge in [0.05, 0.1) is 23.9 Å². The summed E-state index contributed by atoms with van der Waals surface area (Å²) >= 11 is 5.99. The molecule has 0 bridgehead atoms. The lowest BCUT2D eigenvalue weighted by molar-refractivity contribution is -0.134. The van der Waals surface area contributed by atoms with E-state index in [2.05, 4.69) is 27.8 Å². The molecule has 2 aromatic carbocycles. The highest BCUT2D eigenvalue weighted by atomic mass is 35.5. The Morgan fingerprint density at radius 3 is 2.26 bits per heavy atom. The molecular weight excluding hydrogens is 420 g/mol. The summed E-state index contributed by atoms with van der Waals surface area (Å²) in [6.07, 6.45) is 6.66. The number of aromatic nitrogens is 4. The van der Waals surface area contributed by atoms with Gasteiger partial charge in [-0.15, -0.1) is 0 Å². The molecule has 4 rings (SSSR count). The molecule has 0 fully saturated rings. The first-order valence-corrected chi connectivity index (χ1v) is 9.58. The van der Waals surface area contributed by atoms with E-state index in [1.165, 1.54) is 5.56 Å². The normalized spacial score (nSPS) is 10.7. The molecule has 2 heterocycles. The van der Waals surface area contributed by atoms with Gasteiger partial charge in [0.15, 0.2) is 0 Å². The topological polar surface area (TPSA) is 110 Å². The number of carboxylic acid groups (broad SMARTS) is 2. The predicted molar refractivity (Wildman–Crippen MR) is 116 cm³/mol. The molecule has 2 aromatic heterocycles. The molecule has 0 aliphatic heterocycles. The third-order valence-corrected chi connectivity index (χ3v) is 4.49. The van der Waals surface area contributed by atoms with Crippen molar-refractivity contribution in [3.63, 3.8) is 0 Å². The summed E-state index contributed by atoms with van der Waals surface area (Å²) in [6.45, 7) is 1.46. The van der Waals surface area contributed by atoms with Gasteiger partial charge in [-0.05, 0) is 29.8 Å². The number of aliphatic carboxylic acids is 2. The van der Waals surface area contributed by atoms with Crippen molar-refractivity contribution >= 4 is 34.6 Å². The fourth-order valence-corrected chi connectivity index (χ4v) is 3.01. The number of hydrogen-bond acceptors (Lipinski definition) is 4. The van der Waals surface area contributed by atoms with Crippen molar-refractivity contribution in [1.29, 1.82) is 0 Å². The van der Waals surface area contributed by atoms with Crippen molar-refractivity contribution in [3.8, 4) is 0 Å². The van der Waals surface area contributed by atoms with Gasteiger partial charge in [0.25, 0.3) is 0 Å². The van der Waals surface area contributed by atoms with Gasteiger partial charge in [0.2, 0.25) is 0 Å². The van der Waals surface area contributed by atoms with E-state index >= 15 is 0 Å². The molecule has 0 spiro atoms. The van der Waals surface area contributed by atoms with E-state index in [-0.39, 0.29) is 0 Å². The van der Waals surface area contributed by atoms with Crippen LogP contribution in [0.2, 0.25) is 5.02 Å². The van der Waals surface area contributed by atoms with E-state index in [1.807, 2.05) is 47.4 Å². The summed E-state index contributed by atoms with van der Waals surface area (Å²) in [6, 6.07) is 16.2. The fourth-order valence-electron chi connectivity index (χ4n) is 2.88. The Balaban J connectivity index is 0.000000293. The Labute approximate surface area is 182 Å². The number of carbonyl (C=O) groups is 2. The number of carboxylic acids is 2. The average molecular weight is 439 g/mol. The number of para-hydroxylation sites is 2. The Hall–Kier alpha value is -3.91. The quantitative estimate of drug-likeness (QED) is 0.444. The molecule has 0 aliphatic rings. The summed E-state index contributed by atoms with van der Waals surface area (Å²) in [5.74, 6) is -1.50. The SMILES string of the molecule is Clc1ccc(Cn2c(Cn3ccnc3)nc3ccccc32)cc1.O=C(O)/C=C/C(=O)O. The van der Waals surface area contributed by atoms with E-state index in [0.29, 0.717) is 18.7 Å². The fraction of sp³-hybridized carbons (Fsp3) is 0.0909. The van der Waals surface area contributed by atoms with Gasteiger partial charge in [0, 0.05) is 36.1 Å². The molecule has 0 unspecified atom stereocenters. The van der Waals surface area contributed by atoms with Crippen LogP contribution in [0.4, 0.5) is 0 Å². The molecule has 2 N–H and O–H groups in total. The molecule has 9 heteroatoms. The maximum atomic E-state index is 9.55. The van der Waals surface area contributed by atoms with E-state index in [4.69, 9.17) is 26.8 Å². The molecule has 0 aliphatic carbocycles. The average Bonchev–Trinajstić information content (AvgIpc) is 3.37. The van der Waals surface area contributed by atoms with Crippen LogP contribution in [0, 0.1) is 0 Å². The first-order valence-electron chi connectivity index (χ1n) is 9.20. The summed E-state index contributed by atoms with van der Waals surface area (Å²) in [4.78, 5) is 28.0. The minimum atomic E-state index is -1.26.